The van der Waals surface area contributed by atoms with Gasteiger partial charge in [-0.2, -0.15) is 0 Å². The van der Waals surface area contributed by atoms with Crippen molar-refractivity contribution in [2.24, 2.45) is 0 Å². The van der Waals surface area contributed by atoms with E-state index in [-0.39, 0.29) is 0 Å². The summed E-state index contributed by atoms with van der Waals surface area (Å²) in [6.07, 6.45) is 29.1. The van der Waals surface area contributed by atoms with Crippen LogP contribution in [0, 0.1) is 0 Å². The van der Waals surface area contributed by atoms with Gasteiger partial charge in [-0.3, -0.25) is 0 Å². The molecule has 0 spiro atoms. The Morgan fingerprint density at radius 3 is 1.95 bits per heavy atom. The fraction of sp³-hybridized carbons (Fsp3) is 0.579. The summed E-state index contributed by atoms with van der Waals surface area (Å²) >= 11 is 0. The maximum Gasteiger partial charge on any atom is -0.0166 e. The monoisotopic (exact) mass is 260 g/mol. The number of hydrogen-bond acceptors (Lipinski definition) is 0. The third-order valence-corrected chi connectivity index (χ3v) is 2.97. The minimum absolute atomic E-state index is 1.04. The van der Waals surface area contributed by atoms with E-state index in [9.17, 15) is 0 Å². The van der Waals surface area contributed by atoms with Crippen LogP contribution in [0.4, 0.5) is 0 Å². The SMILES string of the molecule is CC/C=C\C/C=C\C/C=C\C=C\CCCCCCC. The molecule has 19 heavy (non-hydrogen) atoms. The van der Waals surface area contributed by atoms with Gasteiger partial charge in [-0.25, -0.2) is 0 Å². The average molecular weight is 260 g/mol. The molecule has 0 aromatic carbocycles. The smallest absolute Gasteiger partial charge is 0.0166 e. The lowest BCUT2D eigenvalue weighted by atomic mass is 10.1. The van der Waals surface area contributed by atoms with Crippen molar-refractivity contribution in [3.63, 3.8) is 0 Å². The van der Waals surface area contributed by atoms with Crippen LogP contribution in [0.2, 0.25) is 0 Å². The first-order valence-electron chi connectivity index (χ1n) is 8.03. The number of unbranched alkanes of at least 4 members (excludes halogenated alkanes) is 5. The van der Waals surface area contributed by atoms with Crippen LogP contribution in [0.15, 0.2) is 48.6 Å². The first kappa shape index (κ1) is 18.0. The molecule has 0 aliphatic rings. The maximum absolute atomic E-state index is 2.29. The summed E-state index contributed by atoms with van der Waals surface area (Å²) in [5.41, 5.74) is 0. The molecule has 0 unspecified atom stereocenters. The number of allylic oxidation sites excluding steroid dienone is 8. The predicted octanol–water partition coefficient (Wildman–Crippen LogP) is 6.76. The molecule has 0 aromatic rings. The molecule has 0 aromatic heterocycles. The second-order valence-corrected chi connectivity index (χ2v) is 4.88. The molecule has 0 N–H and O–H groups in total. The third-order valence-electron chi connectivity index (χ3n) is 2.97. The Morgan fingerprint density at radius 1 is 0.579 bits per heavy atom. The molecule has 0 fully saturated rings. The highest BCUT2D eigenvalue weighted by Crippen LogP contribution is 2.05. The van der Waals surface area contributed by atoms with E-state index in [1.807, 2.05) is 0 Å². The fourth-order valence-corrected chi connectivity index (χ4v) is 1.81. The second-order valence-electron chi connectivity index (χ2n) is 4.88. The first-order valence-corrected chi connectivity index (χ1v) is 8.03. The normalized spacial score (nSPS) is 12.7. The molecule has 0 atom stereocenters. The van der Waals surface area contributed by atoms with Crippen molar-refractivity contribution >= 4 is 0 Å². The zero-order chi connectivity index (χ0) is 14.0. The molecule has 0 heteroatoms. The number of rotatable bonds is 12. The van der Waals surface area contributed by atoms with E-state index in [0.29, 0.717) is 0 Å². The predicted molar refractivity (Wildman–Crippen MR) is 89.5 cm³/mol. The highest BCUT2D eigenvalue weighted by atomic mass is 13.9. The van der Waals surface area contributed by atoms with Gasteiger partial charge in [0.1, 0.15) is 0 Å². The van der Waals surface area contributed by atoms with Crippen molar-refractivity contribution in [2.45, 2.75) is 71.6 Å². The summed E-state index contributed by atoms with van der Waals surface area (Å²) in [6.45, 7) is 4.43. The van der Waals surface area contributed by atoms with Crippen LogP contribution >= 0.6 is 0 Å². The van der Waals surface area contributed by atoms with E-state index in [2.05, 4.69) is 62.5 Å². The van der Waals surface area contributed by atoms with E-state index in [0.717, 1.165) is 19.3 Å². The van der Waals surface area contributed by atoms with Gasteiger partial charge in [0.2, 0.25) is 0 Å². The highest BCUT2D eigenvalue weighted by Gasteiger charge is 1.85. The molecule has 108 valence electrons. The van der Waals surface area contributed by atoms with Crippen molar-refractivity contribution in [1.29, 1.82) is 0 Å². The molecule has 0 aliphatic heterocycles. The molecule has 0 aliphatic carbocycles. The Kier molecular flexibility index (Phi) is 16.0. The summed E-state index contributed by atoms with van der Waals surface area (Å²) in [5, 5.41) is 0. The van der Waals surface area contributed by atoms with Gasteiger partial charge in [0, 0.05) is 0 Å². The van der Waals surface area contributed by atoms with Gasteiger partial charge in [0.25, 0.3) is 0 Å². The van der Waals surface area contributed by atoms with Crippen molar-refractivity contribution in [2.75, 3.05) is 0 Å². The van der Waals surface area contributed by atoms with E-state index >= 15 is 0 Å². The Hall–Kier alpha value is -1.04. The van der Waals surface area contributed by atoms with Gasteiger partial charge in [-0.05, 0) is 32.1 Å². The molecule has 0 nitrogen and oxygen atoms in total. The zero-order valence-electron chi connectivity index (χ0n) is 13.0. The van der Waals surface area contributed by atoms with Crippen molar-refractivity contribution in [3.05, 3.63) is 48.6 Å². The summed E-state index contributed by atoms with van der Waals surface area (Å²) in [4.78, 5) is 0. The van der Waals surface area contributed by atoms with Gasteiger partial charge in [0.05, 0.1) is 0 Å². The van der Waals surface area contributed by atoms with Crippen molar-refractivity contribution in [1.82, 2.24) is 0 Å². The van der Waals surface area contributed by atoms with Gasteiger partial charge < -0.3 is 0 Å². The molecule has 0 heterocycles. The van der Waals surface area contributed by atoms with Gasteiger partial charge in [0.15, 0.2) is 0 Å². The van der Waals surface area contributed by atoms with Crippen LogP contribution in [0.1, 0.15) is 71.6 Å². The molecule has 0 bridgehead atoms. The third kappa shape index (κ3) is 17.0. The van der Waals surface area contributed by atoms with Crippen LogP contribution in [0.5, 0.6) is 0 Å². The summed E-state index contributed by atoms with van der Waals surface area (Å²) in [6, 6.07) is 0. The average Bonchev–Trinajstić information content (AvgIpc) is 2.43. The lowest BCUT2D eigenvalue weighted by Gasteiger charge is -1.95. The standard InChI is InChI=1S/C19H32/c1-3-5-7-9-11-13-15-17-19-18-16-14-12-10-8-6-4-2/h5,7,11,13,16-19H,3-4,6,8-10,12,14-15H2,1-2H3/b7-5-,13-11-,18-16+,19-17-. The van der Waals surface area contributed by atoms with Gasteiger partial charge in [-0.15, -0.1) is 0 Å². The minimum atomic E-state index is 1.04. The summed E-state index contributed by atoms with van der Waals surface area (Å²) in [7, 11) is 0. The fourth-order valence-electron chi connectivity index (χ4n) is 1.81. The van der Waals surface area contributed by atoms with Crippen molar-refractivity contribution in [3.8, 4) is 0 Å². The van der Waals surface area contributed by atoms with E-state index in [1.165, 1.54) is 38.5 Å². The van der Waals surface area contributed by atoms with Crippen LogP contribution in [-0.2, 0) is 0 Å². The van der Waals surface area contributed by atoms with Crippen LogP contribution in [0.3, 0.4) is 0 Å². The number of hydrogen-bond donors (Lipinski definition) is 0. The lowest BCUT2D eigenvalue weighted by molar-refractivity contribution is 0.637. The largest absolute Gasteiger partial charge is 0.0885 e. The molecule has 0 rings (SSSR count). The van der Waals surface area contributed by atoms with Crippen LogP contribution in [0.25, 0.3) is 0 Å². The topological polar surface area (TPSA) is 0 Å². The summed E-state index contributed by atoms with van der Waals surface area (Å²) in [5.74, 6) is 0. The molecule has 0 radical (unpaired) electrons. The minimum Gasteiger partial charge on any atom is -0.0885 e. The highest BCUT2D eigenvalue weighted by molar-refractivity contribution is 5.05. The Bertz CT molecular complexity index is 266. The molecule has 0 amide bonds. The maximum atomic E-state index is 2.29. The lowest BCUT2D eigenvalue weighted by Crippen LogP contribution is -1.75. The Labute approximate surface area is 121 Å². The first-order chi connectivity index (χ1) is 9.41. The van der Waals surface area contributed by atoms with Gasteiger partial charge >= 0.3 is 0 Å². The van der Waals surface area contributed by atoms with E-state index in [4.69, 9.17) is 0 Å². The second kappa shape index (κ2) is 17.0. The molecule has 0 saturated carbocycles. The van der Waals surface area contributed by atoms with Gasteiger partial charge in [-0.1, -0.05) is 88.1 Å². The van der Waals surface area contributed by atoms with Crippen molar-refractivity contribution < 1.29 is 0 Å². The van der Waals surface area contributed by atoms with E-state index in [1.54, 1.807) is 0 Å². The van der Waals surface area contributed by atoms with Crippen LogP contribution < -0.4 is 0 Å². The quantitative estimate of drug-likeness (QED) is 0.206. The molecule has 0 saturated heterocycles. The Balaban J connectivity index is 3.34. The van der Waals surface area contributed by atoms with E-state index < -0.39 is 0 Å². The zero-order valence-corrected chi connectivity index (χ0v) is 13.0. The Morgan fingerprint density at radius 2 is 1.21 bits per heavy atom. The van der Waals surface area contributed by atoms with Crippen LogP contribution in [-0.4, -0.2) is 0 Å². The molecular weight excluding hydrogens is 228 g/mol. The summed E-state index contributed by atoms with van der Waals surface area (Å²) < 4.78 is 0. The molecular formula is C19H32.